The van der Waals surface area contributed by atoms with Gasteiger partial charge in [-0.1, -0.05) is 0 Å². The highest BCUT2D eigenvalue weighted by Crippen LogP contribution is 2.39. The van der Waals surface area contributed by atoms with E-state index in [2.05, 4.69) is 0 Å². The second kappa shape index (κ2) is 5.29. The van der Waals surface area contributed by atoms with Crippen LogP contribution in [0.2, 0.25) is 0 Å². The van der Waals surface area contributed by atoms with Crippen molar-refractivity contribution in [3.8, 4) is 17.2 Å². The number of fused-ring (bicyclic) bond motifs is 1. The van der Waals surface area contributed by atoms with Crippen molar-refractivity contribution in [1.82, 2.24) is 4.57 Å². The lowest BCUT2D eigenvalue weighted by molar-refractivity contribution is -0.383. The van der Waals surface area contributed by atoms with Gasteiger partial charge in [-0.05, 0) is 43.3 Å². The summed E-state index contributed by atoms with van der Waals surface area (Å²) < 4.78 is 1.60. The fraction of sp³-hybridized carbons (Fsp3) is 0.125. The van der Waals surface area contributed by atoms with Crippen molar-refractivity contribution < 1.29 is 20.2 Å². The molecular formula is C16H14N2O5. The number of hydrogen-bond donors (Lipinski definition) is 3. The van der Waals surface area contributed by atoms with Crippen molar-refractivity contribution in [1.29, 1.82) is 0 Å². The highest BCUT2D eigenvalue weighted by Gasteiger charge is 2.26. The first-order valence-corrected chi connectivity index (χ1v) is 6.86. The molecule has 3 N–H and O–H groups in total. The van der Waals surface area contributed by atoms with Crippen molar-refractivity contribution in [2.75, 3.05) is 0 Å². The van der Waals surface area contributed by atoms with Crippen LogP contribution in [-0.2, 0) is 6.61 Å². The van der Waals surface area contributed by atoms with E-state index < -0.39 is 11.5 Å². The van der Waals surface area contributed by atoms with Gasteiger partial charge in [-0.15, -0.1) is 0 Å². The number of nitro groups is 1. The van der Waals surface area contributed by atoms with Gasteiger partial charge in [0.1, 0.15) is 11.5 Å². The number of phenolic OH excluding ortho intramolecular Hbond substituents is 1. The summed E-state index contributed by atoms with van der Waals surface area (Å²) in [4.78, 5) is 11.0. The first kappa shape index (κ1) is 14.9. The molecule has 3 rings (SSSR count). The van der Waals surface area contributed by atoms with E-state index >= 15 is 0 Å². The van der Waals surface area contributed by atoms with E-state index in [0.29, 0.717) is 22.3 Å². The molecule has 0 saturated heterocycles. The molecule has 3 aromatic rings. The monoisotopic (exact) mass is 314 g/mol. The number of aliphatic hydroxyl groups is 1. The normalized spacial score (nSPS) is 11.0. The zero-order chi connectivity index (χ0) is 16.7. The molecule has 0 unspecified atom stereocenters. The lowest BCUT2D eigenvalue weighted by atomic mass is 10.1. The summed E-state index contributed by atoms with van der Waals surface area (Å²) in [6.45, 7) is 1.14. The molecule has 118 valence electrons. The highest BCUT2D eigenvalue weighted by molar-refractivity contribution is 5.96. The molecule has 0 bridgehead atoms. The molecule has 0 amide bonds. The Morgan fingerprint density at radius 1 is 1.13 bits per heavy atom. The zero-order valence-electron chi connectivity index (χ0n) is 12.2. The Balaban J connectivity index is 2.49. The lowest BCUT2D eigenvalue weighted by Crippen LogP contribution is -2.00. The quantitative estimate of drug-likeness (QED) is 0.509. The molecule has 0 aliphatic rings. The van der Waals surface area contributed by atoms with E-state index in [1.807, 2.05) is 0 Å². The second-order valence-corrected chi connectivity index (χ2v) is 5.16. The van der Waals surface area contributed by atoms with E-state index in [0.717, 1.165) is 0 Å². The number of hydrogen-bond acceptors (Lipinski definition) is 5. The summed E-state index contributed by atoms with van der Waals surface area (Å²) in [6, 6.07) is 8.95. The van der Waals surface area contributed by atoms with Crippen molar-refractivity contribution in [3.63, 3.8) is 0 Å². The van der Waals surface area contributed by atoms with E-state index in [9.17, 15) is 25.4 Å². The van der Waals surface area contributed by atoms with Crippen LogP contribution in [0.4, 0.5) is 5.69 Å². The first-order chi connectivity index (χ1) is 11.0. The number of aliphatic hydroxyl groups excluding tert-OH is 1. The third kappa shape index (κ3) is 2.18. The minimum Gasteiger partial charge on any atom is -0.508 e. The zero-order valence-corrected chi connectivity index (χ0v) is 12.2. The fourth-order valence-electron chi connectivity index (χ4n) is 2.85. The molecule has 2 aromatic carbocycles. The highest BCUT2D eigenvalue weighted by atomic mass is 16.6. The van der Waals surface area contributed by atoms with Gasteiger partial charge in [0.2, 0.25) is 0 Å². The Labute approximate surface area is 130 Å². The minimum absolute atomic E-state index is 0.0718. The van der Waals surface area contributed by atoms with Crippen LogP contribution in [0, 0.1) is 17.0 Å². The van der Waals surface area contributed by atoms with Crippen LogP contribution >= 0.6 is 0 Å². The number of rotatable bonds is 3. The maximum atomic E-state index is 11.4. The molecule has 7 heteroatoms. The van der Waals surface area contributed by atoms with Gasteiger partial charge in [-0.3, -0.25) is 10.1 Å². The topological polar surface area (TPSA) is 109 Å². The maximum absolute atomic E-state index is 11.4. The fourth-order valence-corrected chi connectivity index (χ4v) is 2.85. The number of aromatic hydroxyl groups is 2. The van der Waals surface area contributed by atoms with Gasteiger partial charge in [0.05, 0.1) is 28.1 Å². The molecule has 0 saturated carbocycles. The SMILES string of the molecule is Cc1c([N+](=O)[O-])c2ccc(O)c(CO)c2n1-c1ccc(O)cc1. The predicted molar refractivity (Wildman–Crippen MR) is 83.9 cm³/mol. The van der Waals surface area contributed by atoms with Gasteiger partial charge < -0.3 is 19.9 Å². The Hall–Kier alpha value is -3.06. The maximum Gasteiger partial charge on any atom is 0.298 e. The van der Waals surface area contributed by atoms with Gasteiger partial charge in [-0.25, -0.2) is 0 Å². The second-order valence-electron chi connectivity index (χ2n) is 5.16. The Bertz CT molecular complexity index is 913. The molecule has 0 atom stereocenters. The van der Waals surface area contributed by atoms with Gasteiger partial charge in [0, 0.05) is 11.3 Å². The van der Waals surface area contributed by atoms with Gasteiger partial charge in [0.15, 0.2) is 0 Å². The third-order valence-corrected chi connectivity index (χ3v) is 3.86. The van der Waals surface area contributed by atoms with Gasteiger partial charge in [0.25, 0.3) is 5.69 Å². The summed E-state index contributed by atoms with van der Waals surface area (Å²) in [5, 5.41) is 40.8. The van der Waals surface area contributed by atoms with E-state index in [1.165, 1.54) is 24.3 Å². The molecule has 0 spiro atoms. The largest absolute Gasteiger partial charge is 0.508 e. The van der Waals surface area contributed by atoms with Crippen molar-refractivity contribution in [2.24, 2.45) is 0 Å². The lowest BCUT2D eigenvalue weighted by Gasteiger charge is -2.11. The Kier molecular flexibility index (Phi) is 3.42. The molecule has 1 aromatic heterocycles. The molecule has 0 aliphatic heterocycles. The van der Waals surface area contributed by atoms with Crippen LogP contribution in [0.3, 0.4) is 0 Å². The summed E-state index contributed by atoms with van der Waals surface area (Å²) in [5.74, 6) is -0.0602. The summed E-state index contributed by atoms with van der Waals surface area (Å²) in [5.41, 5.74) is 1.46. The average molecular weight is 314 g/mol. The molecule has 0 fully saturated rings. The standard InChI is InChI=1S/C16H14N2O5/c1-9-15(18(22)23)12-6-7-14(21)13(8-19)16(12)17(9)10-2-4-11(20)5-3-10/h2-7,19-21H,8H2,1H3. The molecule has 1 heterocycles. The van der Waals surface area contributed by atoms with Crippen LogP contribution in [0.5, 0.6) is 11.5 Å². The number of benzene rings is 2. The van der Waals surface area contributed by atoms with Gasteiger partial charge in [-0.2, -0.15) is 0 Å². The van der Waals surface area contributed by atoms with Crippen LogP contribution < -0.4 is 0 Å². The van der Waals surface area contributed by atoms with E-state index in [-0.39, 0.29) is 22.7 Å². The van der Waals surface area contributed by atoms with E-state index in [1.54, 1.807) is 23.6 Å². The number of phenols is 2. The molecule has 7 nitrogen and oxygen atoms in total. The third-order valence-electron chi connectivity index (χ3n) is 3.86. The van der Waals surface area contributed by atoms with Crippen LogP contribution in [0.15, 0.2) is 36.4 Å². The molecule has 0 aliphatic carbocycles. The van der Waals surface area contributed by atoms with Crippen molar-refractivity contribution in [3.05, 3.63) is 57.8 Å². The average Bonchev–Trinajstić information content (AvgIpc) is 2.80. The number of nitrogens with zero attached hydrogens (tertiary/aromatic N) is 2. The molecule has 0 radical (unpaired) electrons. The summed E-state index contributed by atoms with van der Waals surface area (Å²) >= 11 is 0. The van der Waals surface area contributed by atoms with Crippen LogP contribution in [-0.4, -0.2) is 24.8 Å². The summed E-state index contributed by atoms with van der Waals surface area (Å²) in [7, 11) is 0. The smallest absolute Gasteiger partial charge is 0.298 e. The summed E-state index contributed by atoms with van der Waals surface area (Å²) in [6.07, 6.45) is 0. The Morgan fingerprint density at radius 2 is 1.78 bits per heavy atom. The minimum atomic E-state index is -0.479. The molecular weight excluding hydrogens is 300 g/mol. The van der Waals surface area contributed by atoms with E-state index in [4.69, 9.17) is 0 Å². The van der Waals surface area contributed by atoms with Crippen molar-refractivity contribution >= 4 is 16.6 Å². The van der Waals surface area contributed by atoms with Crippen molar-refractivity contribution in [2.45, 2.75) is 13.5 Å². The predicted octanol–water partition coefficient (Wildman–Crippen LogP) is 2.75. The van der Waals surface area contributed by atoms with Gasteiger partial charge >= 0.3 is 0 Å². The van der Waals surface area contributed by atoms with Crippen LogP contribution in [0.25, 0.3) is 16.6 Å². The first-order valence-electron chi connectivity index (χ1n) is 6.86. The molecule has 23 heavy (non-hydrogen) atoms. The number of aromatic nitrogens is 1. The van der Waals surface area contributed by atoms with Crippen LogP contribution in [0.1, 0.15) is 11.3 Å². The Morgan fingerprint density at radius 3 is 2.35 bits per heavy atom.